The Morgan fingerprint density at radius 3 is 2.12 bits per heavy atom. The lowest BCUT2D eigenvalue weighted by molar-refractivity contribution is -0.144. The van der Waals surface area contributed by atoms with Crippen LogP contribution in [0.25, 0.3) is 0 Å². The lowest BCUT2D eigenvalue weighted by Gasteiger charge is -2.18. The van der Waals surface area contributed by atoms with Gasteiger partial charge in [0.05, 0.1) is 33.0 Å². The fourth-order valence-corrected chi connectivity index (χ4v) is 1.01. The van der Waals surface area contributed by atoms with E-state index in [9.17, 15) is 13.2 Å². The first-order chi connectivity index (χ1) is 7.45. The summed E-state index contributed by atoms with van der Waals surface area (Å²) in [5.74, 6) is 0. The van der Waals surface area contributed by atoms with E-state index < -0.39 is 12.7 Å². The largest absolute Gasteiger partial charge is 0.401 e. The molecule has 0 atom stereocenters. The van der Waals surface area contributed by atoms with Crippen LogP contribution in [0, 0.1) is 0 Å². The zero-order valence-electron chi connectivity index (χ0n) is 9.42. The van der Waals surface area contributed by atoms with Crippen molar-refractivity contribution < 1.29 is 22.6 Å². The average molecular weight is 244 g/mol. The van der Waals surface area contributed by atoms with Gasteiger partial charge in [-0.2, -0.15) is 13.2 Å². The summed E-state index contributed by atoms with van der Waals surface area (Å²) in [6.07, 6.45) is -4.15. The fraction of sp³-hybridized carbons (Fsp3) is 1.00. The highest BCUT2D eigenvalue weighted by atomic mass is 19.4. The summed E-state index contributed by atoms with van der Waals surface area (Å²) in [7, 11) is 1.40. The molecule has 0 radical (unpaired) electrons. The predicted molar refractivity (Wildman–Crippen MR) is 54.2 cm³/mol. The first-order valence-electron chi connectivity index (χ1n) is 5.06. The molecule has 98 valence electrons. The second-order valence-corrected chi connectivity index (χ2v) is 3.37. The summed E-state index contributed by atoms with van der Waals surface area (Å²) in [6.45, 7) is 1.31. The summed E-state index contributed by atoms with van der Waals surface area (Å²) in [4.78, 5) is 1.17. The molecule has 0 heterocycles. The van der Waals surface area contributed by atoms with Crippen molar-refractivity contribution in [2.45, 2.75) is 6.18 Å². The molecule has 0 aromatic heterocycles. The van der Waals surface area contributed by atoms with Crippen LogP contribution in [0.2, 0.25) is 0 Å². The molecule has 0 spiro atoms. The van der Waals surface area contributed by atoms with Crippen LogP contribution in [0.1, 0.15) is 0 Å². The predicted octanol–water partition coefficient (Wildman–Crippen LogP) is 0.472. The molecule has 0 saturated heterocycles. The van der Waals surface area contributed by atoms with Crippen molar-refractivity contribution in [1.29, 1.82) is 0 Å². The van der Waals surface area contributed by atoms with Crippen LogP contribution in [0.5, 0.6) is 0 Å². The first kappa shape index (κ1) is 15.6. The lowest BCUT2D eigenvalue weighted by atomic mass is 10.5. The molecule has 7 heteroatoms. The van der Waals surface area contributed by atoms with E-state index in [1.807, 2.05) is 0 Å². The van der Waals surface area contributed by atoms with Crippen molar-refractivity contribution in [1.82, 2.24) is 4.90 Å². The van der Waals surface area contributed by atoms with Gasteiger partial charge in [-0.05, 0) is 7.05 Å². The molecule has 2 N–H and O–H groups in total. The number of nitrogens with zero attached hydrogens (tertiary/aromatic N) is 1. The molecular formula is C9H19F3N2O2. The van der Waals surface area contributed by atoms with E-state index in [4.69, 9.17) is 15.2 Å². The molecule has 0 bridgehead atoms. The minimum Gasteiger partial charge on any atom is -0.378 e. The van der Waals surface area contributed by atoms with Gasteiger partial charge in [-0.1, -0.05) is 0 Å². The molecule has 0 aliphatic rings. The molecule has 0 rings (SSSR count). The Morgan fingerprint density at radius 2 is 1.62 bits per heavy atom. The number of hydrogen-bond donors (Lipinski definition) is 1. The van der Waals surface area contributed by atoms with E-state index in [0.717, 1.165) is 0 Å². The van der Waals surface area contributed by atoms with E-state index >= 15 is 0 Å². The van der Waals surface area contributed by atoms with Crippen LogP contribution in [-0.2, 0) is 9.47 Å². The topological polar surface area (TPSA) is 47.7 Å². The second-order valence-electron chi connectivity index (χ2n) is 3.37. The zero-order valence-corrected chi connectivity index (χ0v) is 9.42. The first-order valence-corrected chi connectivity index (χ1v) is 5.06. The van der Waals surface area contributed by atoms with Crippen molar-refractivity contribution in [3.8, 4) is 0 Å². The molecule has 16 heavy (non-hydrogen) atoms. The SMILES string of the molecule is CN(CCOCCOCCN)CC(F)(F)F. The average Bonchev–Trinajstić information content (AvgIpc) is 2.13. The van der Waals surface area contributed by atoms with Crippen LogP contribution in [0.3, 0.4) is 0 Å². The number of ether oxygens (including phenoxy) is 2. The minimum absolute atomic E-state index is 0.246. The van der Waals surface area contributed by atoms with Crippen molar-refractivity contribution in [3.05, 3.63) is 0 Å². The minimum atomic E-state index is -4.15. The van der Waals surface area contributed by atoms with Crippen molar-refractivity contribution in [2.24, 2.45) is 5.73 Å². The number of likely N-dealkylation sites (N-methyl/N-ethyl adjacent to an activating group) is 1. The summed E-state index contributed by atoms with van der Waals surface area (Å²) in [5, 5.41) is 0. The highest BCUT2D eigenvalue weighted by Gasteiger charge is 2.28. The van der Waals surface area contributed by atoms with Gasteiger partial charge in [-0.3, -0.25) is 4.90 Å². The third-order valence-corrected chi connectivity index (χ3v) is 1.70. The van der Waals surface area contributed by atoms with E-state index in [-0.39, 0.29) is 13.2 Å². The zero-order chi connectivity index (χ0) is 12.4. The standard InChI is InChI=1S/C9H19F3N2O2/c1-14(8-9(10,11)12)3-5-16-7-6-15-4-2-13/h2-8,13H2,1H3. The third-order valence-electron chi connectivity index (χ3n) is 1.70. The summed E-state index contributed by atoms with van der Waals surface area (Å²) >= 11 is 0. The fourth-order valence-electron chi connectivity index (χ4n) is 1.01. The maximum absolute atomic E-state index is 11.9. The van der Waals surface area contributed by atoms with Gasteiger partial charge < -0.3 is 15.2 Å². The number of hydrogen-bond acceptors (Lipinski definition) is 4. The van der Waals surface area contributed by atoms with Gasteiger partial charge in [0.2, 0.25) is 0 Å². The normalized spacial score (nSPS) is 12.4. The number of halogens is 3. The van der Waals surface area contributed by atoms with E-state index in [1.165, 1.54) is 11.9 Å². The molecule has 0 aliphatic heterocycles. The Labute approximate surface area is 93.5 Å². The van der Waals surface area contributed by atoms with Gasteiger partial charge in [-0.15, -0.1) is 0 Å². The van der Waals surface area contributed by atoms with Gasteiger partial charge in [0.25, 0.3) is 0 Å². The van der Waals surface area contributed by atoms with E-state index in [1.54, 1.807) is 0 Å². The van der Waals surface area contributed by atoms with E-state index in [2.05, 4.69) is 0 Å². The van der Waals surface area contributed by atoms with Gasteiger partial charge in [0.1, 0.15) is 0 Å². The van der Waals surface area contributed by atoms with Crippen LogP contribution in [-0.4, -0.2) is 64.2 Å². The molecule has 0 fully saturated rings. The maximum Gasteiger partial charge on any atom is 0.401 e. The van der Waals surface area contributed by atoms with Crippen molar-refractivity contribution in [3.63, 3.8) is 0 Å². The smallest absolute Gasteiger partial charge is 0.378 e. The van der Waals surface area contributed by atoms with Gasteiger partial charge >= 0.3 is 6.18 Å². The van der Waals surface area contributed by atoms with E-state index in [0.29, 0.717) is 26.4 Å². The maximum atomic E-state index is 11.9. The molecule has 0 aromatic carbocycles. The second kappa shape index (κ2) is 8.74. The highest BCUT2D eigenvalue weighted by Crippen LogP contribution is 2.15. The van der Waals surface area contributed by atoms with Gasteiger partial charge in [-0.25, -0.2) is 0 Å². The molecule has 0 aliphatic carbocycles. The number of nitrogens with two attached hydrogens (primary N) is 1. The molecule has 0 saturated carbocycles. The van der Waals surface area contributed by atoms with Crippen molar-refractivity contribution in [2.75, 3.05) is 53.1 Å². The Hall–Kier alpha value is -0.370. The van der Waals surface area contributed by atoms with Gasteiger partial charge in [0.15, 0.2) is 0 Å². The van der Waals surface area contributed by atoms with Crippen LogP contribution < -0.4 is 5.73 Å². The highest BCUT2D eigenvalue weighted by molar-refractivity contribution is 4.57. The van der Waals surface area contributed by atoms with Crippen LogP contribution in [0.15, 0.2) is 0 Å². The molecule has 0 amide bonds. The summed E-state index contributed by atoms with van der Waals surface area (Å²) in [6, 6.07) is 0. The molecule has 0 aromatic rings. The lowest BCUT2D eigenvalue weighted by Crippen LogP contribution is -2.33. The molecule has 4 nitrogen and oxygen atoms in total. The number of alkyl halides is 3. The third kappa shape index (κ3) is 11.7. The number of rotatable bonds is 9. The molecular weight excluding hydrogens is 225 g/mol. The molecule has 0 unspecified atom stereocenters. The summed E-state index contributed by atoms with van der Waals surface area (Å²) in [5.41, 5.74) is 5.19. The summed E-state index contributed by atoms with van der Waals surface area (Å²) < 4.78 is 45.8. The van der Waals surface area contributed by atoms with Crippen LogP contribution in [0.4, 0.5) is 13.2 Å². The Bertz CT molecular complexity index is 167. The Morgan fingerprint density at radius 1 is 1.06 bits per heavy atom. The Kier molecular flexibility index (Phi) is 8.54. The Balaban J connectivity index is 3.25. The quantitative estimate of drug-likeness (QED) is 0.599. The van der Waals surface area contributed by atoms with Gasteiger partial charge in [0, 0.05) is 13.1 Å². The van der Waals surface area contributed by atoms with Crippen LogP contribution >= 0.6 is 0 Å². The monoisotopic (exact) mass is 244 g/mol. The van der Waals surface area contributed by atoms with Crippen molar-refractivity contribution >= 4 is 0 Å².